The molecule has 1 radical (unpaired) electrons. The Hall–Kier alpha value is -1.51. The molecule has 0 aliphatic heterocycles. The number of phenolic OH excluding ortho intramolecular Hbond substituents is 1. The third-order valence-electron chi connectivity index (χ3n) is 1.38. The molecule has 0 aliphatic carbocycles. The molecule has 2 rings (SSSR count). The van der Waals surface area contributed by atoms with Gasteiger partial charge in [0.25, 0.3) is 0 Å². The smallest absolute Gasteiger partial charge is 0.174 e. The lowest BCUT2D eigenvalue weighted by Crippen LogP contribution is -1.68. The molecular weight excluding hydrogens is 128 g/mol. The summed E-state index contributed by atoms with van der Waals surface area (Å²) in [5.41, 5.74) is 1.38. The van der Waals surface area contributed by atoms with Crippen LogP contribution in [0.4, 0.5) is 0 Å². The van der Waals surface area contributed by atoms with Crippen molar-refractivity contribution in [3.63, 3.8) is 0 Å². The predicted octanol–water partition coefficient (Wildman–Crippen LogP) is 1.07. The molecule has 2 aromatic rings. The molecule has 0 saturated carbocycles. The fourth-order valence-corrected chi connectivity index (χ4v) is 0.894. The minimum Gasteiger partial charge on any atom is -0.506 e. The molecule has 0 spiro atoms. The van der Waals surface area contributed by atoms with E-state index in [0.29, 0.717) is 5.52 Å². The Kier molecular flexibility index (Phi) is 0.917. The van der Waals surface area contributed by atoms with E-state index in [2.05, 4.69) is 16.3 Å². The largest absolute Gasteiger partial charge is 0.506 e. The normalized spacial score (nSPS) is 10.4. The molecule has 1 heterocycles. The number of aromatic amines is 1. The third-order valence-corrected chi connectivity index (χ3v) is 1.38. The first kappa shape index (κ1) is 5.29. The Labute approximate surface area is 57.3 Å². The molecule has 1 aromatic carbocycles. The van der Waals surface area contributed by atoms with Crippen LogP contribution in [0, 0.1) is 6.33 Å². The summed E-state index contributed by atoms with van der Waals surface area (Å²) in [6.45, 7) is 0. The van der Waals surface area contributed by atoms with Gasteiger partial charge in [-0.25, -0.2) is 4.98 Å². The molecular formula is C7H5N2O. The molecule has 49 valence electrons. The molecule has 0 fully saturated rings. The maximum atomic E-state index is 9.17. The number of aromatic hydroxyl groups is 1. The Morgan fingerprint density at radius 2 is 2.40 bits per heavy atom. The molecule has 0 bridgehead atoms. The lowest BCUT2D eigenvalue weighted by atomic mass is 10.3. The van der Waals surface area contributed by atoms with Gasteiger partial charge in [0, 0.05) is 0 Å². The highest BCUT2D eigenvalue weighted by molar-refractivity contribution is 5.80. The number of nitrogens with zero attached hydrogens (tertiary/aromatic N) is 1. The predicted molar refractivity (Wildman–Crippen MR) is 36.6 cm³/mol. The van der Waals surface area contributed by atoms with E-state index in [-0.39, 0.29) is 5.75 Å². The molecule has 3 heteroatoms. The maximum Gasteiger partial charge on any atom is 0.174 e. The third kappa shape index (κ3) is 0.572. The summed E-state index contributed by atoms with van der Waals surface area (Å²) in [4.78, 5) is 6.54. The lowest BCUT2D eigenvalue weighted by Gasteiger charge is -1.89. The van der Waals surface area contributed by atoms with Crippen molar-refractivity contribution in [2.24, 2.45) is 0 Å². The molecule has 2 N–H and O–H groups in total. The number of benzene rings is 1. The van der Waals surface area contributed by atoms with Crippen LogP contribution in [0.3, 0.4) is 0 Å². The van der Waals surface area contributed by atoms with E-state index < -0.39 is 0 Å². The van der Waals surface area contributed by atoms with Crippen molar-refractivity contribution in [1.82, 2.24) is 9.97 Å². The van der Waals surface area contributed by atoms with Gasteiger partial charge in [-0.2, -0.15) is 0 Å². The summed E-state index contributed by atoms with van der Waals surface area (Å²) in [7, 11) is 0. The first-order chi connectivity index (χ1) is 4.88. The van der Waals surface area contributed by atoms with E-state index >= 15 is 0 Å². The van der Waals surface area contributed by atoms with Crippen molar-refractivity contribution in [3.05, 3.63) is 24.5 Å². The molecule has 0 unspecified atom stereocenters. The fourth-order valence-electron chi connectivity index (χ4n) is 0.894. The van der Waals surface area contributed by atoms with E-state index in [1.165, 1.54) is 0 Å². The number of phenols is 1. The van der Waals surface area contributed by atoms with Gasteiger partial charge in [0.1, 0.15) is 11.3 Å². The monoisotopic (exact) mass is 133 g/mol. The van der Waals surface area contributed by atoms with E-state index in [0.717, 1.165) is 5.52 Å². The number of hydrogen-bond donors (Lipinski definition) is 2. The first-order valence-electron chi connectivity index (χ1n) is 2.91. The van der Waals surface area contributed by atoms with Crippen LogP contribution in [0.5, 0.6) is 5.75 Å². The van der Waals surface area contributed by atoms with Crippen LogP contribution in [0.15, 0.2) is 18.2 Å². The highest BCUT2D eigenvalue weighted by Gasteiger charge is 1.98. The fraction of sp³-hybridized carbons (Fsp3) is 0. The van der Waals surface area contributed by atoms with Gasteiger partial charge in [0.2, 0.25) is 0 Å². The second kappa shape index (κ2) is 1.73. The molecule has 0 aliphatic rings. The van der Waals surface area contributed by atoms with Crippen LogP contribution in [0.2, 0.25) is 0 Å². The summed E-state index contributed by atoms with van der Waals surface area (Å²) in [6, 6.07) is 5.16. The summed E-state index contributed by atoms with van der Waals surface area (Å²) < 4.78 is 0. The minimum atomic E-state index is 0.214. The number of para-hydroxylation sites is 1. The highest BCUT2D eigenvalue weighted by Crippen LogP contribution is 2.19. The molecule has 1 aromatic heterocycles. The second-order valence-electron chi connectivity index (χ2n) is 2.02. The van der Waals surface area contributed by atoms with Crippen molar-refractivity contribution in [2.75, 3.05) is 0 Å². The maximum absolute atomic E-state index is 9.17. The first-order valence-corrected chi connectivity index (χ1v) is 2.91. The average Bonchev–Trinajstić information content (AvgIpc) is 2.36. The highest BCUT2D eigenvalue weighted by atomic mass is 16.3. The van der Waals surface area contributed by atoms with Crippen LogP contribution in [0.25, 0.3) is 11.0 Å². The van der Waals surface area contributed by atoms with E-state index in [1.807, 2.05) is 6.07 Å². The van der Waals surface area contributed by atoms with Crippen molar-refractivity contribution in [3.8, 4) is 5.75 Å². The van der Waals surface area contributed by atoms with Gasteiger partial charge in [0.05, 0.1) is 5.52 Å². The van der Waals surface area contributed by atoms with Crippen LogP contribution in [-0.4, -0.2) is 15.1 Å². The van der Waals surface area contributed by atoms with Crippen molar-refractivity contribution >= 4 is 11.0 Å². The number of fused-ring (bicyclic) bond motifs is 1. The molecule has 0 saturated heterocycles. The van der Waals surface area contributed by atoms with Crippen molar-refractivity contribution in [1.29, 1.82) is 0 Å². The van der Waals surface area contributed by atoms with Gasteiger partial charge in [-0.1, -0.05) is 6.07 Å². The zero-order valence-electron chi connectivity index (χ0n) is 5.13. The zero-order valence-corrected chi connectivity index (χ0v) is 5.13. The SMILES string of the molecule is Oc1cccc2n[c][nH]c12. The molecule has 0 amide bonds. The Bertz CT molecular complexity index is 353. The molecule has 10 heavy (non-hydrogen) atoms. The number of nitrogens with one attached hydrogen (secondary N) is 1. The Morgan fingerprint density at radius 1 is 1.50 bits per heavy atom. The number of hydrogen-bond acceptors (Lipinski definition) is 2. The van der Waals surface area contributed by atoms with Gasteiger partial charge in [-0.15, -0.1) is 0 Å². The van der Waals surface area contributed by atoms with E-state index in [4.69, 9.17) is 5.11 Å². The van der Waals surface area contributed by atoms with Gasteiger partial charge in [0.15, 0.2) is 6.33 Å². The summed E-state index contributed by atoms with van der Waals surface area (Å²) in [5, 5.41) is 9.17. The van der Waals surface area contributed by atoms with Gasteiger partial charge in [-0.05, 0) is 12.1 Å². The Morgan fingerprint density at radius 3 is 3.20 bits per heavy atom. The van der Waals surface area contributed by atoms with E-state index in [9.17, 15) is 0 Å². The van der Waals surface area contributed by atoms with E-state index in [1.54, 1.807) is 12.1 Å². The van der Waals surface area contributed by atoms with Gasteiger partial charge in [-0.3, -0.25) is 0 Å². The lowest BCUT2D eigenvalue weighted by molar-refractivity contribution is 0.480. The van der Waals surface area contributed by atoms with Crippen LogP contribution < -0.4 is 0 Å². The van der Waals surface area contributed by atoms with Gasteiger partial charge >= 0.3 is 0 Å². The average molecular weight is 133 g/mol. The van der Waals surface area contributed by atoms with Crippen LogP contribution in [-0.2, 0) is 0 Å². The van der Waals surface area contributed by atoms with Crippen molar-refractivity contribution < 1.29 is 5.11 Å². The number of H-pyrrole nitrogens is 1. The second-order valence-corrected chi connectivity index (χ2v) is 2.02. The standard InChI is InChI=1S/C7H5N2O/c10-6-3-1-2-5-7(6)9-4-8-5/h1-3,10H,(H,8,9). The molecule has 0 atom stereocenters. The van der Waals surface area contributed by atoms with Gasteiger partial charge < -0.3 is 10.1 Å². The van der Waals surface area contributed by atoms with Crippen LogP contribution >= 0.6 is 0 Å². The summed E-state index contributed by atoms with van der Waals surface area (Å²) >= 11 is 0. The van der Waals surface area contributed by atoms with Crippen LogP contribution in [0.1, 0.15) is 0 Å². The number of imidazole rings is 1. The summed E-state index contributed by atoms with van der Waals surface area (Å²) in [6.07, 6.45) is 2.54. The summed E-state index contributed by atoms with van der Waals surface area (Å²) in [5.74, 6) is 0.214. The zero-order chi connectivity index (χ0) is 6.97. The minimum absolute atomic E-state index is 0.214. The Balaban J connectivity index is 2.95. The quantitative estimate of drug-likeness (QED) is 0.564. The molecule has 3 nitrogen and oxygen atoms in total. The number of aromatic nitrogens is 2. The number of rotatable bonds is 0. The topological polar surface area (TPSA) is 48.9 Å². The van der Waals surface area contributed by atoms with Crippen molar-refractivity contribution in [2.45, 2.75) is 0 Å².